The molecular weight excluding hydrogens is 346 g/mol. The van der Waals surface area contributed by atoms with E-state index in [0.717, 1.165) is 55.8 Å². The topological polar surface area (TPSA) is 55.5 Å². The van der Waals surface area contributed by atoms with Crippen LogP contribution < -0.4 is 4.90 Å². The molecule has 1 atom stereocenters. The number of hydrogen-bond acceptors (Lipinski definition) is 4. The fourth-order valence-electron chi connectivity index (χ4n) is 3.32. The van der Waals surface area contributed by atoms with Gasteiger partial charge in [0.25, 0.3) is 0 Å². The first kappa shape index (κ1) is 18.9. The van der Waals surface area contributed by atoms with E-state index in [0.29, 0.717) is 0 Å². The van der Waals surface area contributed by atoms with Gasteiger partial charge in [0.2, 0.25) is 5.91 Å². The molecule has 140 valence electrons. The lowest BCUT2D eigenvalue weighted by Crippen LogP contribution is -3.14. The van der Waals surface area contributed by atoms with Crippen LogP contribution in [0.15, 0.2) is 35.5 Å². The maximum atomic E-state index is 12.8. The second kappa shape index (κ2) is 8.68. The predicted molar refractivity (Wildman–Crippen MR) is 104 cm³/mol. The summed E-state index contributed by atoms with van der Waals surface area (Å²) in [7, 11) is 0. The Morgan fingerprint density at radius 1 is 1.19 bits per heavy atom. The average molecular weight is 375 g/mol. The Bertz CT molecular complexity index is 725. The Labute approximate surface area is 159 Å². The number of piperazine rings is 1. The molecule has 0 radical (unpaired) electrons. The van der Waals surface area contributed by atoms with Gasteiger partial charge < -0.3 is 14.4 Å². The standard InChI is InChI=1S/C19H27N5OS/c1-4-22-11-13-23(14-12-22)18(25)15(3)26-19-21-20-17(24(19)5-2)16-9-7-6-8-10-16/h6-10,15H,4-5,11-14H2,1-3H3/p+1/t15-/m0/s1. The molecule has 1 aliphatic heterocycles. The summed E-state index contributed by atoms with van der Waals surface area (Å²) >= 11 is 1.51. The van der Waals surface area contributed by atoms with Crippen LogP contribution in [0.4, 0.5) is 0 Å². The summed E-state index contributed by atoms with van der Waals surface area (Å²) in [4.78, 5) is 16.4. The molecule has 2 aromatic rings. The van der Waals surface area contributed by atoms with Gasteiger partial charge in [-0.25, -0.2) is 0 Å². The third kappa shape index (κ3) is 4.10. The Hall–Kier alpha value is -1.86. The molecule has 2 heterocycles. The highest BCUT2D eigenvalue weighted by atomic mass is 32.2. The first-order valence-corrected chi connectivity index (χ1v) is 10.3. The molecule has 1 saturated heterocycles. The molecule has 1 aromatic carbocycles. The highest BCUT2D eigenvalue weighted by Gasteiger charge is 2.28. The van der Waals surface area contributed by atoms with E-state index in [4.69, 9.17) is 0 Å². The van der Waals surface area contributed by atoms with E-state index in [2.05, 4.69) is 28.6 Å². The van der Waals surface area contributed by atoms with Crippen molar-refractivity contribution < 1.29 is 9.69 Å². The number of aromatic nitrogens is 3. The van der Waals surface area contributed by atoms with Gasteiger partial charge in [-0.15, -0.1) is 10.2 Å². The van der Waals surface area contributed by atoms with Crippen molar-refractivity contribution in [1.29, 1.82) is 0 Å². The minimum absolute atomic E-state index is 0.156. The Balaban J connectivity index is 1.69. The lowest BCUT2D eigenvalue weighted by molar-refractivity contribution is -0.902. The summed E-state index contributed by atoms with van der Waals surface area (Å²) in [5.41, 5.74) is 1.05. The number of amides is 1. The third-order valence-electron chi connectivity index (χ3n) is 4.98. The molecule has 1 aliphatic rings. The van der Waals surface area contributed by atoms with E-state index in [1.54, 1.807) is 4.90 Å². The fourth-order valence-corrected chi connectivity index (χ4v) is 4.32. The van der Waals surface area contributed by atoms with Gasteiger partial charge >= 0.3 is 0 Å². The van der Waals surface area contributed by atoms with Crippen LogP contribution in [0.1, 0.15) is 20.8 Å². The van der Waals surface area contributed by atoms with E-state index in [9.17, 15) is 4.79 Å². The van der Waals surface area contributed by atoms with Crippen molar-refractivity contribution in [2.45, 2.75) is 37.7 Å². The number of carbonyl (C=O) groups is 1. The molecule has 1 N–H and O–H groups in total. The second-order valence-electron chi connectivity index (χ2n) is 6.61. The maximum Gasteiger partial charge on any atom is 0.236 e. The number of nitrogens with zero attached hydrogens (tertiary/aromatic N) is 4. The summed E-state index contributed by atoms with van der Waals surface area (Å²) in [5, 5.41) is 9.38. The molecule has 7 heteroatoms. The molecule has 1 amide bonds. The van der Waals surface area contributed by atoms with Crippen molar-refractivity contribution in [3.05, 3.63) is 30.3 Å². The number of benzene rings is 1. The van der Waals surface area contributed by atoms with Crippen molar-refractivity contribution in [3.63, 3.8) is 0 Å². The SMILES string of the molecule is CCn1c(S[C@@H](C)C(=O)N2CC[NH+](CC)CC2)nnc1-c1ccccc1. The van der Waals surface area contributed by atoms with Crippen molar-refractivity contribution in [2.75, 3.05) is 32.7 Å². The molecule has 3 rings (SSSR count). The molecule has 0 aliphatic carbocycles. The van der Waals surface area contributed by atoms with Gasteiger partial charge in [0, 0.05) is 12.1 Å². The van der Waals surface area contributed by atoms with Gasteiger partial charge in [-0.1, -0.05) is 42.1 Å². The van der Waals surface area contributed by atoms with Gasteiger partial charge in [-0.2, -0.15) is 0 Å². The van der Waals surface area contributed by atoms with Gasteiger partial charge in [-0.05, 0) is 20.8 Å². The zero-order valence-electron chi connectivity index (χ0n) is 15.8. The van der Waals surface area contributed by atoms with Crippen LogP contribution in [-0.2, 0) is 11.3 Å². The number of nitrogens with one attached hydrogen (secondary N) is 1. The van der Waals surface area contributed by atoms with Crippen LogP contribution >= 0.6 is 11.8 Å². The van der Waals surface area contributed by atoms with Crippen molar-refractivity contribution >= 4 is 17.7 Å². The molecule has 26 heavy (non-hydrogen) atoms. The third-order valence-corrected chi connectivity index (χ3v) is 6.05. The molecule has 1 aromatic heterocycles. The zero-order valence-corrected chi connectivity index (χ0v) is 16.6. The molecule has 0 spiro atoms. The number of thioether (sulfide) groups is 1. The quantitative estimate of drug-likeness (QED) is 0.772. The molecule has 1 fully saturated rings. The van der Waals surface area contributed by atoms with Gasteiger partial charge in [0.1, 0.15) is 0 Å². The maximum absolute atomic E-state index is 12.8. The number of rotatable bonds is 6. The van der Waals surface area contributed by atoms with Crippen LogP contribution in [0.25, 0.3) is 11.4 Å². The minimum Gasteiger partial charge on any atom is -0.332 e. The molecule has 0 bridgehead atoms. The van der Waals surface area contributed by atoms with Crippen LogP contribution in [0, 0.1) is 0 Å². The minimum atomic E-state index is -0.156. The van der Waals surface area contributed by atoms with Crippen molar-refractivity contribution in [2.24, 2.45) is 0 Å². The van der Waals surface area contributed by atoms with Crippen LogP contribution in [0.3, 0.4) is 0 Å². The van der Waals surface area contributed by atoms with Gasteiger partial charge in [0.05, 0.1) is 38.0 Å². The van der Waals surface area contributed by atoms with E-state index in [-0.39, 0.29) is 11.2 Å². The smallest absolute Gasteiger partial charge is 0.236 e. The lowest BCUT2D eigenvalue weighted by Gasteiger charge is -2.32. The first-order chi connectivity index (χ1) is 12.6. The predicted octanol–water partition coefficient (Wildman–Crippen LogP) is 1.19. The van der Waals surface area contributed by atoms with E-state index < -0.39 is 0 Å². The summed E-state index contributed by atoms with van der Waals surface area (Å²) in [6.07, 6.45) is 0. The number of likely N-dealkylation sites (N-methyl/N-ethyl adjacent to an activating group) is 1. The normalized spacial score (nSPS) is 16.7. The number of carbonyl (C=O) groups excluding carboxylic acids is 1. The highest BCUT2D eigenvalue weighted by molar-refractivity contribution is 8.00. The lowest BCUT2D eigenvalue weighted by atomic mass is 10.2. The monoisotopic (exact) mass is 374 g/mol. The zero-order chi connectivity index (χ0) is 18.5. The largest absolute Gasteiger partial charge is 0.332 e. The highest BCUT2D eigenvalue weighted by Crippen LogP contribution is 2.27. The molecule has 0 unspecified atom stereocenters. The van der Waals surface area contributed by atoms with Crippen LogP contribution in [0.2, 0.25) is 0 Å². The summed E-state index contributed by atoms with van der Waals surface area (Å²) in [6, 6.07) is 10.1. The first-order valence-electron chi connectivity index (χ1n) is 9.41. The number of quaternary nitrogens is 1. The van der Waals surface area contributed by atoms with Crippen molar-refractivity contribution in [3.8, 4) is 11.4 Å². The van der Waals surface area contributed by atoms with Crippen LogP contribution in [-0.4, -0.2) is 63.5 Å². The molecule has 0 saturated carbocycles. The fraction of sp³-hybridized carbons (Fsp3) is 0.526. The summed E-state index contributed by atoms with van der Waals surface area (Å²) < 4.78 is 2.09. The van der Waals surface area contributed by atoms with E-state index in [1.807, 2.05) is 42.2 Å². The summed E-state index contributed by atoms with van der Waals surface area (Å²) in [6.45, 7) is 12.0. The summed E-state index contributed by atoms with van der Waals surface area (Å²) in [5.74, 6) is 1.06. The van der Waals surface area contributed by atoms with E-state index in [1.165, 1.54) is 11.8 Å². The Morgan fingerprint density at radius 3 is 2.50 bits per heavy atom. The number of hydrogen-bond donors (Lipinski definition) is 1. The van der Waals surface area contributed by atoms with Crippen molar-refractivity contribution in [1.82, 2.24) is 19.7 Å². The van der Waals surface area contributed by atoms with E-state index >= 15 is 0 Å². The second-order valence-corrected chi connectivity index (χ2v) is 7.91. The Morgan fingerprint density at radius 2 is 1.88 bits per heavy atom. The molecular formula is C19H28N5OS+. The average Bonchev–Trinajstić information content (AvgIpc) is 3.10. The molecule has 6 nitrogen and oxygen atoms in total. The Kier molecular flexibility index (Phi) is 6.32. The van der Waals surface area contributed by atoms with Gasteiger partial charge in [0.15, 0.2) is 11.0 Å². The van der Waals surface area contributed by atoms with Crippen LogP contribution in [0.5, 0.6) is 0 Å². The van der Waals surface area contributed by atoms with Gasteiger partial charge in [-0.3, -0.25) is 4.79 Å².